The number of imide groups is 2. The molecule has 20 heteroatoms. The van der Waals surface area contributed by atoms with E-state index in [2.05, 4.69) is 31.9 Å². The molecule has 2 aromatic heterocycles. The number of rotatable bonds is 8. The van der Waals surface area contributed by atoms with Crippen LogP contribution >= 0.6 is 45.9 Å². The zero-order valence-corrected chi connectivity index (χ0v) is 35.5. The SMILES string of the molecule is Cc1ccc(NC(=O)NCc2cc3c(s2)C(=O)N(C2(C)CCC(=O)NC2=O)C3)cc1Cl.Cc1ccc(NC(=O)NCc2cc3c(s2)C(=O)N(C2CC(=O)NC2=O)C3)cc1Cl. The van der Waals surface area contributed by atoms with Crippen LogP contribution in [0.2, 0.25) is 10.0 Å². The first kappa shape index (κ1) is 42.3. The summed E-state index contributed by atoms with van der Waals surface area (Å²) in [5, 5.41) is 16.6. The van der Waals surface area contributed by atoms with Crippen LogP contribution in [0.4, 0.5) is 21.0 Å². The number of piperidine rings is 1. The molecule has 4 aromatic rings. The molecule has 0 spiro atoms. The molecule has 2 unspecified atom stereocenters. The number of aryl methyl sites for hydroxylation is 2. The Bertz CT molecular complexity index is 2510. The molecule has 312 valence electrons. The Kier molecular flexibility index (Phi) is 12.0. The third-order valence-corrected chi connectivity index (χ3v) is 13.6. The lowest BCUT2D eigenvalue weighted by atomic mass is 9.89. The highest BCUT2D eigenvalue weighted by molar-refractivity contribution is 7.14. The fourth-order valence-electron chi connectivity index (χ4n) is 7.01. The van der Waals surface area contributed by atoms with E-state index in [1.54, 1.807) is 31.2 Å². The van der Waals surface area contributed by atoms with Crippen molar-refractivity contribution in [3.05, 3.63) is 100 Å². The molecule has 6 N–H and O–H groups in total. The Morgan fingerprint density at radius 2 is 1.28 bits per heavy atom. The van der Waals surface area contributed by atoms with Gasteiger partial charge < -0.3 is 31.1 Å². The molecule has 0 aliphatic carbocycles. The van der Waals surface area contributed by atoms with Gasteiger partial charge in [-0.3, -0.25) is 39.4 Å². The third-order valence-electron chi connectivity index (χ3n) is 10.5. The summed E-state index contributed by atoms with van der Waals surface area (Å²) in [5.41, 5.74) is 3.59. The van der Waals surface area contributed by atoms with Crippen LogP contribution in [0.15, 0.2) is 48.5 Å². The van der Waals surface area contributed by atoms with Crippen molar-refractivity contribution in [1.82, 2.24) is 31.1 Å². The van der Waals surface area contributed by atoms with Gasteiger partial charge in [-0.2, -0.15) is 0 Å². The first-order valence-corrected chi connectivity index (χ1v) is 21.0. The maximum Gasteiger partial charge on any atom is 0.319 e. The van der Waals surface area contributed by atoms with Crippen molar-refractivity contribution in [2.45, 2.75) is 77.8 Å². The summed E-state index contributed by atoms with van der Waals surface area (Å²) in [6, 6.07) is 12.7. The van der Waals surface area contributed by atoms with E-state index in [4.69, 9.17) is 23.2 Å². The molecule has 16 nitrogen and oxygen atoms in total. The maximum absolute atomic E-state index is 12.9. The summed E-state index contributed by atoms with van der Waals surface area (Å²) in [7, 11) is 0. The van der Waals surface area contributed by atoms with Crippen LogP contribution in [-0.2, 0) is 45.4 Å². The van der Waals surface area contributed by atoms with Gasteiger partial charge in [0.2, 0.25) is 17.7 Å². The number of hydrogen-bond acceptors (Lipinski definition) is 10. The molecule has 8 rings (SSSR count). The Hall–Kier alpha value is -5.82. The minimum Gasteiger partial charge on any atom is -0.333 e. The van der Waals surface area contributed by atoms with Crippen LogP contribution in [0.5, 0.6) is 0 Å². The predicted octanol–water partition coefficient (Wildman–Crippen LogP) is 5.59. The summed E-state index contributed by atoms with van der Waals surface area (Å²) in [4.78, 5) is 103. The van der Waals surface area contributed by atoms with Gasteiger partial charge in [0.25, 0.3) is 17.7 Å². The van der Waals surface area contributed by atoms with Gasteiger partial charge >= 0.3 is 12.1 Å². The summed E-state index contributed by atoms with van der Waals surface area (Å²) in [5.74, 6) is -2.05. The van der Waals surface area contributed by atoms with Gasteiger partial charge in [0.05, 0.1) is 29.3 Å². The van der Waals surface area contributed by atoms with Gasteiger partial charge in [0.1, 0.15) is 11.6 Å². The largest absolute Gasteiger partial charge is 0.333 e. The molecule has 2 fully saturated rings. The van der Waals surface area contributed by atoms with Crippen molar-refractivity contribution in [2.75, 3.05) is 10.6 Å². The second-order valence-electron chi connectivity index (χ2n) is 14.8. The van der Waals surface area contributed by atoms with Crippen molar-refractivity contribution in [2.24, 2.45) is 0 Å². The fourth-order valence-corrected chi connectivity index (χ4v) is 9.50. The Morgan fingerprint density at radius 3 is 1.75 bits per heavy atom. The van der Waals surface area contributed by atoms with Crippen molar-refractivity contribution < 1.29 is 38.4 Å². The number of carbonyl (C=O) groups excluding carboxylic acids is 8. The standard InChI is InChI=1S/C21H21ClN4O4S.C19H17ClN4O4S/c1-11-3-4-13(8-15(11)22)24-20(30)23-9-14-7-12-10-26(18(28)17(12)31-14)21(2)6-5-16(27)25-19(21)29;1-9-2-3-11(5-13(9)20)22-19(28)21-7-12-4-10-8-24(18(27)16(10)29-12)14-6-15(25)23-17(14)26/h3-4,7-8H,5-6,9-10H2,1-2H3,(H2,23,24,30)(H,25,27,29);2-5,14H,6-8H2,1H3,(H2,21,22,28)(H,23,25,26). The van der Waals surface area contributed by atoms with Gasteiger partial charge in [-0.1, -0.05) is 35.3 Å². The van der Waals surface area contributed by atoms with E-state index in [1.165, 1.54) is 32.5 Å². The number of hydrogen-bond donors (Lipinski definition) is 6. The van der Waals surface area contributed by atoms with Gasteiger partial charge in [-0.15, -0.1) is 22.7 Å². The van der Waals surface area contributed by atoms with Crippen LogP contribution in [0.3, 0.4) is 0 Å². The monoisotopic (exact) mass is 892 g/mol. The summed E-state index contributed by atoms with van der Waals surface area (Å²) in [6.07, 6.45) is 0.503. The van der Waals surface area contributed by atoms with Gasteiger partial charge in [0, 0.05) is 50.7 Å². The Balaban J connectivity index is 0.000000182. The van der Waals surface area contributed by atoms with Gasteiger partial charge in [0.15, 0.2) is 0 Å². The molecule has 10 amide bonds. The summed E-state index contributed by atoms with van der Waals surface area (Å²) < 4.78 is 0. The van der Waals surface area contributed by atoms with Gasteiger partial charge in [-0.05, 0) is 85.8 Å². The van der Waals surface area contributed by atoms with Crippen molar-refractivity contribution in [3.63, 3.8) is 0 Å². The highest BCUT2D eigenvalue weighted by Gasteiger charge is 2.49. The first-order valence-electron chi connectivity index (χ1n) is 18.6. The zero-order chi connectivity index (χ0) is 43.0. The highest BCUT2D eigenvalue weighted by atomic mass is 35.5. The lowest BCUT2D eigenvalue weighted by Gasteiger charge is -2.39. The lowest BCUT2D eigenvalue weighted by Crippen LogP contribution is -2.61. The number of anilines is 2. The molecule has 4 aliphatic rings. The van der Waals surface area contributed by atoms with Crippen LogP contribution in [0, 0.1) is 13.8 Å². The minimum absolute atomic E-state index is 0.00285. The second kappa shape index (κ2) is 17.0. The minimum atomic E-state index is -1.04. The molecule has 6 heterocycles. The van der Waals surface area contributed by atoms with Crippen molar-refractivity contribution >= 4 is 105 Å². The molecule has 0 radical (unpaired) electrons. The molecule has 2 atom stereocenters. The van der Waals surface area contributed by atoms with E-state index in [-0.39, 0.29) is 68.2 Å². The number of urea groups is 2. The maximum atomic E-state index is 12.9. The van der Waals surface area contributed by atoms with E-state index in [0.29, 0.717) is 44.1 Å². The number of amides is 10. The van der Waals surface area contributed by atoms with Crippen LogP contribution < -0.4 is 31.9 Å². The van der Waals surface area contributed by atoms with Crippen LogP contribution in [0.25, 0.3) is 0 Å². The number of halogens is 2. The number of fused-ring (bicyclic) bond motifs is 2. The highest BCUT2D eigenvalue weighted by Crippen LogP contribution is 2.38. The van der Waals surface area contributed by atoms with E-state index < -0.39 is 23.4 Å². The van der Waals surface area contributed by atoms with Crippen molar-refractivity contribution in [1.29, 1.82) is 0 Å². The van der Waals surface area contributed by atoms with Crippen LogP contribution in [-0.4, -0.2) is 68.9 Å². The van der Waals surface area contributed by atoms with Crippen LogP contribution in [0.1, 0.15) is 77.5 Å². The van der Waals surface area contributed by atoms with E-state index in [1.807, 2.05) is 38.1 Å². The fraction of sp³-hybridized carbons (Fsp3) is 0.300. The number of thiophene rings is 2. The molecular weight excluding hydrogens is 856 g/mol. The number of benzene rings is 2. The lowest BCUT2D eigenvalue weighted by molar-refractivity contribution is -0.142. The quantitative estimate of drug-likeness (QED) is 0.123. The van der Waals surface area contributed by atoms with E-state index in [9.17, 15) is 38.4 Å². The Morgan fingerprint density at radius 1 is 0.750 bits per heavy atom. The number of nitrogens with zero attached hydrogens (tertiary/aromatic N) is 2. The smallest absolute Gasteiger partial charge is 0.319 e. The zero-order valence-electron chi connectivity index (χ0n) is 32.4. The molecule has 60 heavy (non-hydrogen) atoms. The molecule has 4 aliphatic heterocycles. The molecule has 0 bridgehead atoms. The van der Waals surface area contributed by atoms with Gasteiger partial charge in [-0.25, -0.2) is 9.59 Å². The topological polar surface area (TPSA) is 215 Å². The Labute approximate surface area is 361 Å². The third kappa shape index (κ3) is 8.86. The predicted molar refractivity (Wildman–Crippen MR) is 225 cm³/mol. The molecule has 0 saturated carbocycles. The second-order valence-corrected chi connectivity index (χ2v) is 17.9. The summed E-state index contributed by atoms with van der Waals surface area (Å²) >= 11 is 14.7. The number of nitrogens with one attached hydrogen (secondary N) is 6. The average Bonchev–Trinajstić information content (AvgIpc) is 4.00. The number of carbonyl (C=O) groups is 8. The molecular formula is C40H38Cl2N8O8S2. The van der Waals surface area contributed by atoms with E-state index in [0.717, 1.165) is 32.0 Å². The molecule has 2 saturated heterocycles. The van der Waals surface area contributed by atoms with Crippen molar-refractivity contribution in [3.8, 4) is 0 Å². The normalized spacial score (nSPS) is 19.3. The summed E-state index contributed by atoms with van der Waals surface area (Å²) in [6.45, 7) is 6.56. The molecule has 2 aromatic carbocycles. The average molecular weight is 894 g/mol. The first-order chi connectivity index (χ1) is 28.5. The van der Waals surface area contributed by atoms with E-state index >= 15 is 0 Å².